The summed E-state index contributed by atoms with van der Waals surface area (Å²) >= 11 is 1.32. The van der Waals surface area contributed by atoms with Crippen LogP contribution in [-0.4, -0.2) is 51.9 Å². The average Bonchev–Trinajstić information content (AvgIpc) is 2.75. The molecule has 2 aromatic carbocycles. The van der Waals surface area contributed by atoms with Gasteiger partial charge in [-0.2, -0.15) is 0 Å². The summed E-state index contributed by atoms with van der Waals surface area (Å²) in [6.45, 7) is 6.18. The number of nitrogens with zero attached hydrogens (tertiary/aromatic N) is 3. The molecule has 2 heterocycles. The molecular formula is C22H23N3O3S. The Morgan fingerprint density at radius 3 is 2.52 bits per heavy atom. The highest BCUT2D eigenvalue weighted by atomic mass is 32.2. The van der Waals surface area contributed by atoms with Crippen LogP contribution < -0.4 is 5.56 Å². The Labute approximate surface area is 173 Å². The molecule has 6 nitrogen and oxygen atoms in total. The van der Waals surface area contributed by atoms with Gasteiger partial charge in [0.25, 0.3) is 5.56 Å². The molecule has 1 amide bonds. The minimum atomic E-state index is -0.363. The van der Waals surface area contributed by atoms with E-state index in [1.54, 1.807) is 10.6 Å². The van der Waals surface area contributed by atoms with E-state index in [9.17, 15) is 9.59 Å². The second-order valence-electron chi connectivity index (χ2n) is 7.09. The van der Waals surface area contributed by atoms with Gasteiger partial charge in [-0.25, -0.2) is 4.98 Å². The van der Waals surface area contributed by atoms with E-state index < -0.39 is 0 Å². The summed E-state index contributed by atoms with van der Waals surface area (Å²) in [4.78, 5) is 32.7. The number of thioether (sulfide) groups is 1. The molecule has 1 aromatic heterocycles. The first-order valence-corrected chi connectivity index (χ1v) is 10.5. The maximum atomic E-state index is 13.3. The molecule has 0 bridgehead atoms. The molecule has 7 heteroatoms. The van der Waals surface area contributed by atoms with Crippen LogP contribution in [0, 0.1) is 6.92 Å². The molecule has 0 aliphatic carbocycles. The molecule has 4 rings (SSSR count). The van der Waals surface area contributed by atoms with Crippen LogP contribution >= 0.6 is 11.8 Å². The molecular weight excluding hydrogens is 386 g/mol. The van der Waals surface area contributed by atoms with Crippen molar-refractivity contribution in [1.82, 2.24) is 14.5 Å². The third-order valence-electron chi connectivity index (χ3n) is 4.99. The highest BCUT2D eigenvalue weighted by molar-refractivity contribution is 8.00. The summed E-state index contributed by atoms with van der Waals surface area (Å²) < 4.78 is 6.95. The molecule has 1 atom stereocenters. The van der Waals surface area contributed by atoms with Crippen LogP contribution in [0.3, 0.4) is 0 Å². The molecule has 0 unspecified atom stereocenters. The van der Waals surface area contributed by atoms with E-state index in [1.807, 2.05) is 61.2 Å². The number of carbonyl (C=O) groups is 1. The number of morpholine rings is 1. The van der Waals surface area contributed by atoms with Crippen LogP contribution in [0.25, 0.3) is 16.6 Å². The summed E-state index contributed by atoms with van der Waals surface area (Å²) in [6, 6.07) is 15.1. The second kappa shape index (κ2) is 8.39. The monoisotopic (exact) mass is 409 g/mol. The maximum Gasteiger partial charge on any atom is 0.266 e. The number of amides is 1. The van der Waals surface area contributed by atoms with E-state index >= 15 is 0 Å². The van der Waals surface area contributed by atoms with Gasteiger partial charge >= 0.3 is 0 Å². The zero-order valence-corrected chi connectivity index (χ0v) is 17.3. The van der Waals surface area contributed by atoms with E-state index in [0.717, 1.165) is 11.3 Å². The Balaban J connectivity index is 1.75. The van der Waals surface area contributed by atoms with Crippen molar-refractivity contribution in [1.29, 1.82) is 0 Å². The molecule has 0 saturated carbocycles. The van der Waals surface area contributed by atoms with Crippen molar-refractivity contribution in [3.8, 4) is 5.69 Å². The number of benzene rings is 2. The van der Waals surface area contributed by atoms with Crippen LogP contribution in [0.4, 0.5) is 0 Å². The van der Waals surface area contributed by atoms with Gasteiger partial charge in [-0.05, 0) is 38.1 Å². The first-order valence-electron chi connectivity index (χ1n) is 9.66. The number of hydrogen-bond donors (Lipinski definition) is 0. The van der Waals surface area contributed by atoms with Crippen molar-refractivity contribution in [2.45, 2.75) is 24.3 Å². The van der Waals surface area contributed by atoms with Gasteiger partial charge in [-0.3, -0.25) is 14.2 Å². The highest BCUT2D eigenvalue weighted by Crippen LogP contribution is 2.26. The van der Waals surface area contributed by atoms with Gasteiger partial charge in [0.2, 0.25) is 5.91 Å². The summed E-state index contributed by atoms with van der Waals surface area (Å²) in [5.74, 6) is 0.0381. The lowest BCUT2D eigenvalue weighted by Crippen LogP contribution is -2.44. The topological polar surface area (TPSA) is 64.4 Å². The predicted octanol–water partition coefficient (Wildman–Crippen LogP) is 3.03. The van der Waals surface area contributed by atoms with E-state index in [2.05, 4.69) is 0 Å². The second-order valence-corrected chi connectivity index (χ2v) is 8.39. The van der Waals surface area contributed by atoms with E-state index in [1.165, 1.54) is 11.8 Å². The number of aromatic nitrogens is 2. The fourth-order valence-corrected chi connectivity index (χ4v) is 4.37. The zero-order chi connectivity index (χ0) is 20.4. The first kappa shape index (κ1) is 19.7. The fraction of sp³-hybridized carbons (Fsp3) is 0.318. The average molecular weight is 410 g/mol. The minimum Gasteiger partial charge on any atom is -0.378 e. The third-order valence-corrected chi connectivity index (χ3v) is 6.03. The number of carbonyl (C=O) groups excluding carboxylic acids is 1. The predicted molar refractivity (Wildman–Crippen MR) is 115 cm³/mol. The first-order chi connectivity index (χ1) is 14.0. The van der Waals surface area contributed by atoms with E-state index in [-0.39, 0.29) is 16.7 Å². The molecule has 1 saturated heterocycles. The lowest BCUT2D eigenvalue weighted by molar-refractivity contribution is -0.134. The summed E-state index contributed by atoms with van der Waals surface area (Å²) in [5.41, 5.74) is 2.36. The van der Waals surface area contributed by atoms with E-state index in [0.29, 0.717) is 42.4 Å². The van der Waals surface area contributed by atoms with Crippen LogP contribution in [0.2, 0.25) is 0 Å². The number of aryl methyl sites for hydroxylation is 1. The van der Waals surface area contributed by atoms with Gasteiger partial charge < -0.3 is 9.64 Å². The van der Waals surface area contributed by atoms with Crippen molar-refractivity contribution >= 4 is 28.6 Å². The van der Waals surface area contributed by atoms with Crippen LogP contribution in [0.15, 0.2) is 58.5 Å². The Bertz CT molecular complexity index is 1090. The van der Waals surface area contributed by atoms with Gasteiger partial charge in [0.1, 0.15) is 0 Å². The molecule has 150 valence electrons. The van der Waals surface area contributed by atoms with Crippen molar-refractivity contribution in [2.75, 3.05) is 26.3 Å². The largest absolute Gasteiger partial charge is 0.378 e. The number of fused-ring (bicyclic) bond motifs is 1. The molecule has 1 aliphatic heterocycles. The molecule has 29 heavy (non-hydrogen) atoms. The Morgan fingerprint density at radius 2 is 1.79 bits per heavy atom. The van der Waals surface area contributed by atoms with Crippen LogP contribution in [-0.2, 0) is 9.53 Å². The molecule has 0 radical (unpaired) electrons. The molecule has 0 N–H and O–H groups in total. The maximum absolute atomic E-state index is 13.3. The number of ether oxygens (including phenoxy) is 1. The Morgan fingerprint density at radius 1 is 1.10 bits per heavy atom. The number of para-hydroxylation sites is 1. The van der Waals surface area contributed by atoms with Gasteiger partial charge in [-0.1, -0.05) is 41.6 Å². The minimum absolute atomic E-state index is 0.0381. The Hall–Kier alpha value is -2.64. The van der Waals surface area contributed by atoms with Crippen molar-refractivity contribution in [2.24, 2.45) is 0 Å². The number of rotatable bonds is 4. The molecule has 0 spiro atoms. The van der Waals surface area contributed by atoms with Gasteiger partial charge in [0, 0.05) is 13.1 Å². The third kappa shape index (κ3) is 4.06. The van der Waals surface area contributed by atoms with Crippen LogP contribution in [0.5, 0.6) is 0 Å². The van der Waals surface area contributed by atoms with Crippen molar-refractivity contribution < 1.29 is 9.53 Å². The summed E-state index contributed by atoms with van der Waals surface area (Å²) in [6.07, 6.45) is 0. The Kier molecular flexibility index (Phi) is 5.69. The number of hydrogen-bond acceptors (Lipinski definition) is 5. The highest BCUT2D eigenvalue weighted by Gasteiger charge is 2.25. The lowest BCUT2D eigenvalue weighted by Gasteiger charge is -2.29. The summed E-state index contributed by atoms with van der Waals surface area (Å²) in [5, 5.41) is 0.717. The fourth-order valence-electron chi connectivity index (χ4n) is 3.36. The molecule has 1 aliphatic rings. The normalized spacial score (nSPS) is 15.4. The van der Waals surface area contributed by atoms with E-state index in [4.69, 9.17) is 9.72 Å². The van der Waals surface area contributed by atoms with Crippen molar-refractivity contribution in [3.63, 3.8) is 0 Å². The molecule has 1 fully saturated rings. The molecule has 3 aromatic rings. The zero-order valence-electron chi connectivity index (χ0n) is 16.5. The van der Waals surface area contributed by atoms with Gasteiger partial charge in [-0.15, -0.1) is 0 Å². The van der Waals surface area contributed by atoms with Gasteiger partial charge in [0.15, 0.2) is 5.16 Å². The van der Waals surface area contributed by atoms with Gasteiger partial charge in [0.05, 0.1) is 35.1 Å². The van der Waals surface area contributed by atoms with Crippen molar-refractivity contribution in [3.05, 3.63) is 64.4 Å². The van der Waals surface area contributed by atoms with Crippen LogP contribution in [0.1, 0.15) is 12.5 Å². The summed E-state index contributed by atoms with van der Waals surface area (Å²) in [7, 11) is 0. The standard InChI is InChI=1S/C22H23N3O3S/c1-15-7-9-17(10-8-15)25-21(27)18-5-3-4-6-19(18)23-22(25)29-16(2)20(26)24-11-13-28-14-12-24/h3-10,16H,11-14H2,1-2H3/t16-/m1/s1. The lowest BCUT2D eigenvalue weighted by atomic mass is 10.2. The quantitative estimate of drug-likeness (QED) is 0.490. The smallest absolute Gasteiger partial charge is 0.266 e. The SMILES string of the molecule is Cc1ccc(-n2c(S[C@H](C)C(=O)N3CCOCC3)nc3ccccc3c2=O)cc1.